The normalized spacial score (nSPS) is 10.8. The molecule has 0 aliphatic carbocycles. The van der Waals surface area contributed by atoms with Crippen LogP contribution in [0.5, 0.6) is 0 Å². The molecule has 0 aliphatic heterocycles. The van der Waals surface area contributed by atoms with Gasteiger partial charge in [-0.25, -0.2) is 8.78 Å². The van der Waals surface area contributed by atoms with Crippen LogP contribution in [0, 0.1) is 11.6 Å². The second-order valence-corrected chi connectivity index (χ2v) is 4.24. The zero-order valence-corrected chi connectivity index (χ0v) is 10.1. The van der Waals surface area contributed by atoms with E-state index in [9.17, 15) is 8.78 Å². The molecule has 0 saturated heterocycles. The van der Waals surface area contributed by atoms with E-state index in [1.54, 1.807) is 0 Å². The molecule has 1 heterocycles. The second kappa shape index (κ2) is 4.51. The maximum absolute atomic E-state index is 13.5. The SMILES string of the molecule is Fc1cc(Br)cc(F)c1-c1cc(CCl)on1. The Morgan fingerprint density at radius 3 is 2.38 bits per heavy atom. The first-order chi connectivity index (χ1) is 7.61. The summed E-state index contributed by atoms with van der Waals surface area (Å²) in [6.07, 6.45) is 0. The largest absolute Gasteiger partial charge is 0.359 e. The van der Waals surface area contributed by atoms with Gasteiger partial charge in [0.05, 0.1) is 11.4 Å². The second-order valence-electron chi connectivity index (χ2n) is 3.06. The van der Waals surface area contributed by atoms with Gasteiger partial charge < -0.3 is 4.52 Å². The summed E-state index contributed by atoms with van der Waals surface area (Å²) in [7, 11) is 0. The summed E-state index contributed by atoms with van der Waals surface area (Å²) in [5.41, 5.74) is -0.124. The topological polar surface area (TPSA) is 26.0 Å². The number of rotatable bonds is 2. The molecule has 0 bridgehead atoms. The van der Waals surface area contributed by atoms with Gasteiger partial charge in [0.1, 0.15) is 17.3 Å². The molecule has 0 spiro atoms. The van der Waals surface area contributed by atoms with Crippen molar-refractivity contribution < 1.29 is 13.3 Å². The van der Waals surface area contributed by atoms with Gasteiger partial charge in [0, 0.05) is 10.5 Å². The van der Waals surface area contributed by atoms with E-state index < -0.39 is 11.6 Å². The minimum absolute atomic E-state index is 0.0955. The molecule has 0 aliphatic rings. The highest BCUT2D eigenvalue weighted by atomic mass is 79.9. The Bertz CT molecular complexity index is 506. The van der Waals surface area contributed by atoms with Crippen molar-refractivity contribution in [2.45, 2.75) is 5.88 Å². The van der Waals surface area contributed by atoms with E-state index in [-0.39, 0.29) is 17.1 Å². The lowest BCUT2D eigenvalue weighted by atomic mass is 10.1. The molecule has 0 radical (unpaired) electrons. The van der Waals surface area contributed by atoms with Crippen LogP contribution in [-0.4, -0.2) is 5.16 Å². The van der Waals surface area contributed by atoms with E-state index in [1.807, 2.05) is 0 Å². The third kappa shape index (κ3) is 2.10. The average molecular weight is 309 g/mol. The molecule has 2 nitrogen and oxygen atoms in total. The Morgan fingerprint density at radius 2 is 1.88 bits per heavy atom. The van der Waals surface area contributed by atoms with Gasteiger partial charge in [-0.15, -0.1) is 11.6 Å². The van der Waals surface area contributed by atoms with Crippen LogP contribution in [0.15, 0.2) is 27.2 Å². The Labute approximate surface area is 103 Å². The van der Waals surface area contributed by atoms with Crippen molar-refractivity contribution in [2.75, 3.05) is 0 Å². The van der Waals surface area contributed by atoms with Crippen LogP contribution < -0.4 is 0 Å². The minimum atomic E-state index is -0.707. The summed E-state index contributed by atoms with van der Waals surface area (Å²) >= 11 is 8.50. The van der Waals surface area contributed by atoms with Crippen LogP contribution in [-0.2, 0) is 5.88 Å². The molecular weight excluding hydrogens is 303 g/mol. The molecule has 0 unspecified atom stereocenters. The van der Waals surface area contributed by atoms with Crippen molar-refractivity contribution in [2.24, 2.45) is 0 Å². The predicted octanol–water partition coefficient (Wildman–Crippen LogP) is 4.12. The van der Waals surface area contributed by atoms with Crippen LogP contribution >= 0.6 is 27.5 Å². The number of benzene rings is 1. The summed E-state index contributed by atoms with van der Waals surface area (Å²) < 4.78 is 32.2. The molecule has 2 rings (SSSR count). The van der Waals surface area contributed by atoms with Gasteiger partial charge in [0.2, 0.25) is 0 Å². The summed E-state index contributed by atoms with van der Waals surface area (Å²) in [5, 5.41) is 3.55. The first-order valence-corrected chi connectivity index (χ1v) is 5.61. The third-order valence-electron chi connectivity index (χ3n) is 1.95. The molecule has 6 heteroatoms. The fraction of sp³-hybridized carbons (Fsp3) is 0.100. The molecule has 0 N–H and O–H groups in total. The summed E-state index contributed by atoms with van der Waals surface area (Å²) in [6.45, 7) is 0. The zero-order chi connectivity index (χ0) is 11.7. The Morgan fingerprint density at radius 1 is 1.25 bits per heavy atom. The Kier molecular flexibility index (Phi) is 3.25. The van der Waals surface area contributed by atoms with Crippen molar-refractivity contribution in [3.05, 3.63) is 40.1 Å². The molecule has 0 atom stereocenters. The fourth-order valence-electron chi connectivity index (χ4n) is 1.28. The smallest absolute Gasteiger partial charge is 0.152 e. The Balaban J connectivity index is 2.55. The molecular formula is C10H5BrClF2NO. The molecule has 1 aromatic carbocycles. The lowest BCUT2D eigenvalue weighted by molar-refractivity contribution is 0.395. The van der Waals surface area contributed by atoms with Gasteiger partial charge in [-0.3, -0.25) is 0 Å². The van der Waals surface area contributed by atoms with Crippen LogP contribution in [0.25, 0.3) is 11.3 Å². The highest BCUT2D eigenvalue weighted by molar-refractivity contribution is 9.10. The summed E-state index contributed by atoms with van der Waals surface area (Å²) in [6, 6.07) is 3.73. The van der Waals surface area contributed by atoms with Crippen LogP contribution in [0.1, 0.15) is 5.76 Å². The van der Waals surface area contributed by atoms with E-state index >= 15 is 0 Å². The number of hydrogen-bond donors (Lipinski definition) is 0. The average Bonchev–Trinajstić information content (AvgIpc) is 2.64. The van der Waals surface area contributed by atoms with Gasteiger partial charge in [-0.1, -0.05) is 21.1 Å². The quantitative estimate of drug-likeness (QED) is 0.780. The third-order valence-corrected chi connectivity index (χ3v) is 2.67. The molecule has 0 fully saturated rings. The highest BCUT2D eigenvalue weighted by Gasteiger charge is 2.16. The zero-order valence-electron chi connectivity index (χ0n) is 7.81. The van der Waals surface area contributed by atoms with Crippen molar-refractivity contribution in [1.82, 2.24) is 5.16 Å². The number of nitrogens with zero attached hydrogens (tertiary/aromatic N) is 1. The molecule has 2 aromatic rings. The molecule has 16 heavy (non-hydrogen) atoms. The minimum Gasteiger partial charge on any atom is -0.359 e. The van der Waals surface area contributed by atoms with Crippen molar-refractivity contribution in [1.29, 1.82) is 0 Å². The maximum Gasteiger partial charge on any atom is 0.152 e. The van der Waals surface area contributed by atoms with E-state index in [0.717, 1.165) is 12.1 Å². The predicted molar refractivity (Wildman–Crippen MR) is 59.1 cm³/mol. The van der Waals surface area contributed by atoms with E-state index in [0.29, 0.717) is 10.2 Å². The molecule has 0 amide bonds. The number of hydrogen-bond acceptors (Lipinski definition) is 2. The maximum atomic E-state index is 13.5. The molecule has 1 aromatic heterocycles. The number of halogens is 4. The summed E-state index contributed by atoms with van der Waals surface area (Å²) in [5.74, 6) is -0.951. The van der Waals surface area contributed by atoms with Crippen LogP contribution in [0.3, 0.4) is 0 Å². The first-order valence-electron chi connectivity index (χ1n) is 4.28. The lowest BCUT2D eigenvalue weighted by Crippen LogP contribution is -1.90. The van der Waals surface area contributed by atoms with Gasteiger partial charge in [-0.2, -0.15) is 0 Å². The van der Waals surface area contributed by atoms with Gasteiger partial charge in [0.15, 0.2) is 5.76 Å². The first kappa shape index (κ1) is 11.5. The molecule has 0 saturated carbocycles. The van der Waals surface area contributed by atoms with Crippen molar-refractivity contribution >= 4 is 27.5 Å². The van der Waals surface area contributed by atoms with Gasteiger partial charge in [0.25, 0.3) is 0 Å². The monoisotopic (exact) mass is 307 g/mol. The van der Waals surface area contributed by atoms with E-state index in [1.165, 1.54) is 6.07 Å². The van der Waals surface area contributed by atoms with E-state index in [4.69, 9.17) is 16.1 Å². The Hall–Kier alpha value is -0.940. The number of aromatic nitrogens is 1. The standard InChI is InChI=1S/C10H5BrClF2NO/c11-5-1-7(13)10(8(14)2-5)9-3-6(4-12)16-15-9/h1-3H,4H2. The van der Waals surface area contributed by atoms with Crippen molar-refractivity contribution in [3.8, 4) is 11.3 Å². The van der Waals surface area contributed by atoms with E-state index in [2.05, 4.69) is 21.1 Å². The summed E-state index contributed by atoms with van der Waals surface area (Å²) in [4.78, 5) is 0. The highest BCUT2D eigenvalue weighted by Crippen LogP contribution is 2.28. The van der Waals surface area contributed by atoms with Gasteiger partial charge in [-0.05, 0) is 12.1 Å². The lowest BCUT2D eigenvalue weighted by Gasteiger charge is -2.01. The fourth-order valence-corrected chi connectivity index (χ4v) is 1.81. The number of alkyl halides is 1. The van der Waals surface area contributed by atoms with Gasteiger partial charge >= 0.3 is 0 Å². The van der Waals surface area contributed by atoms with Crippen molar-refractivity contribution in [3.63, 3.8) is 0 Å². The molecule has 84 valence electrons. The van der Waals surface area contributed by atoms with Crippen LogP contribution in [0.2, 0.25) is 0 Å². The van der Waals surface area contributed by atoms with Crippen LogP contribution in [0.4, 0.5) is 8.78 Å².